The molecule has 0 bridgehead atoms. The summed E-state index contributed by atoms with van der Waals surface area (Å²) in [6.45, 7) is 7.73. The lowest BCUT2D eigenvalue weighted by atomic mass is 10.0. The summed E-state index contributed by atoms with van der Waals surface area (Å²) in [6.07, 6.45) is 26.5. The maximum Gasteiger partial charge on any atom is 0.305 e. The van der Waals surface area contributed by atoms with Crippen molar-refractivity contribution in [1.82, 2.24) is 0 Å². The Morgan fingerprint density at radius 3 is 1.27 bits per heavy atom. The van der Waals surface area contributed by atoms with E-state index in [0.717, 1.165) is 25.9 Å². The van der Waals surface area contributed by atoms with Gasteiger partial charge in [-0.05, 0) is 19.3 Å². The Labute approximate surface area is 206 Å². The second-order valence-corrected chi connectivity index (χ2v) is 9.56. The summed E-state index contributed by atoms with van der Waals surface area (Å²) in [5.41, 5.74) is 0. The van der Waals surface area contributed by atoms with Crippen LogP contribution in [0.1, 0.15) is 149 Å². The van der Waals surface area contributed by atoms with Crippen LogP contribution in [0, 0.1) is 0 Å². The monoisotopic (exact) mass is 470 g/mol. The van der Waals surface area contributed by atoms with Crippen LogP contribution in [0.15, 0.2) is 0 Å². The zero-order chi connectivity index (χ0) is 24.1. The summed E-state index contributed by atoms with van der Waals surface area (Å²) in [7, 11) is 0. The number of unbranched alkanes of at least 4 members (excludes halogenated alkanes) is 17. The molecule has 33 heavy (non-hydrogen) atoms. The molecular weight excluding hydrogens is 412 g/mol. The molecule has 0 saturated heterocycles. The summed E-state index contributed by atoms with van der Waals surface area (Å²) >= 11 is 0. The zero-order valence-corrected chi connectivity index (χ0v) is 22.5. The van der Waals surface area contributed by atoms with Gasteiger partial charge in [-0.1, -0.05) is 123 Å². The lowest BCUT2D eigenvalue weighted by molar-refractivity contribution is -0.144. The Morgan fingerprint density at radius 1 is 0.424 bits per heavy atom. The Morgan fingerprint density at radius 2 is 0.788 bits per heavy atom. The van der Waals surface area contributed by atoms with E-state index >= 15 is 0 Å². The molecule has 0 aromatic heterocycles. The number of hydrogen-bond donors (Lipinski definition) is 0. The molecule has 0 saturated carbocycles. The highest BCUT2D eigenvalue weighted by Crippen LogP contribution is 2.13. The predicted molar refractivity (Wildman–Crippen MR) is 141 cm³/mol. The van der Waals surface area contributed by atoms with Crippen LogP contribution < -0.4 is 0 Å². The summed E-state index contributed by atoms with van der Waals surface area (Å²) in [5.74, 6) is -0.0876. The summed E-state index contributed by atoms with van der Waals surface area (Å²) < 4.78 is 16.3. The van der Waals surface area contributed by atoms with Crippen molar-refractivity contribution in [2.24, 2.45) is 0 Å². The second kappa shape index (κ2) is 29.4. The molecule has 0 aromatic carbocycles. The number of carbonyl (C=O) groups excluding carboxylic acids is 1. The van der Waals surface area contributed by atoms with Crippen molar-refractivity contribution in [3.8, 4) is 0 Å². The lowest BCUT2D eigenvalue weighted by Crippen LogP contribution is -2.09. The van der Waals surface area contributed by atoms with Gasteiger partial charge in [-0.3, -0.25) is 4.79 Å². The maximum absolute atomic E-state index is 11.7. The van der Waals surface area contributed by atoms with Gasteiger partial charge in [0.2, 0.25) is 0 Å². The Hall–Kier alpha value is -0.610. The molecular formula is C29H58O4. The van der Waals surface area contributed by atoms with Gasteiger partial charge in [0.15, 0.2) is 0 Å². The first kappa shape index (κ1) is 32.4. The van der Waals surface area contributed by atoms with Gasteiger partial charge in [-0.25, -0.2) is 0 Å². The minimum absolute atomic E-state index is 0.0876. The number of ether oxygens (including phenoxy) is 3. The van der Waals surface area contributed by atoms with E-state index in [2.05, 4.69) is 13.8 Å². The average molecular weight is 471 g/mol. The van der Waals surface area contributed by atoms with Crippen LogP contribution in [0.2, 0.25) is 0 Å². The molecule has 0 heterocycles. The van der Waals surface area contributed by atoms with Crippen LogP contribution in [0.4, 0.5) is 0 Å². The fourth-order valence-corrected chi connectivity index (χ4v) is 4.00. The van der Waals surface area contributed by atoms with E-state index < -0.39 is 0 Å². The predicted octanol–water partition coefficient (Wildman–Crippen LogP) is 8.79. The highest BCUT2D eigenvalue weighted by Gasteiger charge is 2.02. The third kappa shape index (κ3) is 29.4. The van der Waals surface area contributed by atoms with Crippen LogP contribution in [0.5, 0.6) is 0 Å². The molecule has 0 atom stereocenters. The van der Waals surface area contributed by atoms with Gasteiger partial charge in [-0.15, -0.1) is 0 Å². The molecule has 0 aliphatic rings. The Bertz CT molecular complexity index is 373. The Balaban J connectivity index is 3.13. The Kier molecular flexibility index (Phi) is 28.9. The summed E-state index contributed by atoms with van der Waals surface area (Å²) in [5, 5.41) is 0. The molecule has 0 spiro atoms. The molecule has 4 nitrogen and oxygen atoms in total. The number of rotatable bonds is 28. The van der Waals surface area contributed by atoms with E-state index in [1.165, 1.54) is 109 Å². The molecule has 0 unspecified atom stereocenters. The summed E-state index contributed by atoms with van der Waals surface area (Å²) in [6, 6.07) is 0. The van der Waals surface area contributed by atoms with Gasteiger partial charge in [-0.2, -0.15) is 0 Å². The number of carbonyl (C=O) groups is 1. The average Bonchev–Trinajstić information content (AvgIpc) is 2.82. The minimum Gasteiger partial charge on any atom is -0.466 e. The second-order valence-electron chi connectivity index (χ2n) is 9.56. The normalized spacial score (nSPS) is 11.2. The van der Waals surface area contributed by atoms with E-state index in [0.29, 0.717) is 32.8 Å². The highest BCUT2D eigenvalue weighted by atomic mass is 16.5. The largest absolute Gasteiger partial charge is 0.466 e. The molecule has 0 fully saturated rings. The molecule has 198 valence electrons. The third-order valence-electron chi connectivity index (χ3n) is 6.19. The van der Waals surface area contributed by atoms with Crippen molar-refractivity contribution in [2.45, 2.75) is 149 Å². The first-order valence-corrected chi connectivity index (χ1v) is 14.6. The molecule has 4 heteroatoms. The van der Waals surface area contributed by atoms with E-state index in [-0.39, 0.29) is 5.97 Å². The molecule has 0 radical (unpaired) electrons. The van der Waals surface area contributed by atoms with Gasteiger partial charge in [0.1, 0.15) is 0 Å². The number of esters is 1. The van der Waals surface area contributed by atoms with Crippen LogP contribution in [0.25, 0.3) is 0 Å². The fraction of sp³-hybridized carbons (Fsp3) is 0.966. The van der Waals surface area contributed by atoms with Crippen LogP contribution in [0.3, 0.4) is 0 Å². The van der Waals surface area contributed by atoms with Crippen molar-refractivity contribution in [3.63, 3.8) is 0 Å². The van der Waals surface area contributed by atoms with E-state index in [1.54, 1.807) is 0 Å². The van der Waals surface area contributed by atoms with Crippen molar-refractivity contribution < 1.29 is 19.0 Å². The first-order valence-electron chi connectivity index (χ1n) is 14.6. The van der Waals surface area contributed by atoms with E-state index in [9.17, 15) is 4.79 Å². The quantitative estimate of drug-likeness (QED) is 0.0846. The first-order chi connectivity index (χ1) is 16.3. The standard InChI is InChI=1S/C29H58O4/c1-3-5-7-8-9-10-11-12-13-14-15-16-17-18-19-21-26-33-29(30)23-22-25-32-28-27-31-24-20-6-4-2/h3-28H2,1-2H3. The van der Waals surface area contributed by atoms with Gasteiger partial charge in [0, 0.05) is 19.6 Å². The van der Waals surface area contributed by atoms with Crippen molar-refractivity contribution >= 4 is 5.97 Å². The van der Waals surface area contributed by atoms with E-state index in [1.807, 2.05) is 0 Å². The van der Waals surface area contributed by atoms with Crippen LogP contribution in [-0.2, 0) is 19.0 Å². The van der Waals surface area contributed by atoms with E-state index in [4.69, 9.17) is 14.2 Å². The van der Waals surface area contributed by atoms with Crippen molar-refractivity contribution in [2.75, 3.05) is 33.0 Å². The topological polar surface area (TPSA) is 44.8 Å². The van der Waals surface area contributed by atoms with Crippen LogP contribution in [-0.4, -0.2) is 39.0 Å². The molecule has 0 aliphatic carbocycles. The molecule has 0 amide bonds. The number of hydrogen-bond acceptors (Lipinski definition) is 4. The SMILES string of the molecule is CCCCCCCCCCCCCCCCCCOC(=O)CCCOCCOCCCCC. The van der Waals surface area contributed by atoms with Crippen molar-refractivity contribution in [3.05, 3.63) is 0 Å². The molecule has 0 N–H and O–H groups in total. The fourth-order valence-electron chi connectivity index (χ4n) is 4.00. The molecule has 0 aromatic rings. The van der Waals surface area contributed by atoms with Crippen LogP contribution >= 0.6 is 0 Å². The molecule has 0 aliphatic heterocycles. The summed E-state index contributed by atoms with van der Waals surface area (Å²) in [4.78, 5) is 11.7. The maximum atomic E-state index is 11.7. The van der Waals surface area contributed by atoms with Gasteiger partial charge < -0.3 is 14.2 Å². The van der Waals surface area contributed by atoms with Gasteiger partial charge in [0.25, 0.3) is 0 Å². The zero-order valence-electron chi connectivity index (χ0n) is 22.5. The van der Waals surface area contributed by atoms with Gasteiger partial charge >= 0.3 is 5.97 Å². The lowest BCUT2D eigenvalue weighted by Gasteiger charge is -2.07. The smallest absolute Gasteiger partial charge is 0.305 e. The third-order valence-corrected chi connectivity index (χ3v) is 6.19. The molecule has 0 rings (SSSR count). The minimum atomic E-state index is -0.0876. The highest BCUT2D eigenvalue weighted by molar-refractivity contribution is 5.69. The van der Waals surface area contributed by atoms with Crippen molar-refractivity contribution in [1.29, 1.82) is 0 Å². The van der Waals surface area contributed by atoms with Gasteiger partial charge in [0.05, 0.1) is 19.8 Å².